The van der Waals surface area contributed by atoms with Gasteiger partial charge in [-0.25, -0.2) is 14.2 Å². The smallest absolute Gasteiger partial charge is 0.363 e. The van der Waals surface area contributed by atoms with E-state index in [4.69, 9.17) is 9.47 Å². The number of benzene rings is 2. The predicted octanol–water partition coefficient (Wildman–Crippen LogP) is 4.10. The van der Waals surface area contributed by atoms with Gasteiger partial charge in [-0.1, -0.05) is 19.1 Å². The van der Waals surface area contributed by atoms with Crippen LogP contribution in [0.25, 0.3) is 6.08 Å². The number of aliphatic imine (C=N–C) groups is 1. The van der Waals surface area contributed by atoms with E-state index in [1.165, 1.54) is 12.1 Å². The first-order valence-electron chi connectivity index (χ1n) is 8.48. The maximum atomic E-state index is 13.9. The molecule has 0 atom stereocenters. The fourth-order valence-electron chi connectivity index (χ4n) is 2.73. The summed E-state index contributed by atoms with van der Waals surface area (Å²) in [6, 6.07) is 9.52. The SMILES string of the molecule is CCC(=O)Oc1c(C)cc(/C=C2\N=C(c3ccccc3F)OC2=O)cc1C. The zero-order valence-corrected chi connectivity index (χ0v) is 15.2. The molecule has 0 unspecified atom stereocenters. The molecule has 0 fully saturated rings. The van der Waals surface area contributed by atoms with E-state index in [0.717, 1.165) is 11.1 Å². The second-order valence-corrected chi connectivity index (χ2v) is 6.13. The summed E-state index contributed by atoms with van der Waals surface area (Å²) in [4.78, 5) is 27.8. The van der Waals surface area contributed by atoms with Crippen LogP contribution in [0.15, 0.2) is 47.1 Å². The van der Waals surface area contributed by atoms with Crippen molar-refractivity contribution in [2.45, 2.75) is 27.2 Å². The van der Waals surface area contributed by atoms with Gasteiger partial charge in [0.2, 0.25) is 5.90 Å². The fourth-order valence-corrected chi connectivity index (χ4v) is 2.73. The van der Waals surface area contributed by atoms with Gasteiger partial charge in [-0.3, -0.25) is 4.79 Å². The Morgan fingerprint density at radius 1 is 1.22 bits per heavy atom. The second-order valence-electron chi connectivity index (χ2n) is 6.13. The number of ether oxygens (including phenoxy) is 2. The molecule has 0 spiro atoms. The minimum absolute atomic E-state index is 0.0636. The van der Waals surface area contributed by atoms with Crippen molar-refractivity contribution in [3.05, 3.63) is 70.2 Å². The van der Waals surface area contributed by atoms with E-state index >= 15 is 0 Å². The monoisotopic (exact) mass is 367 g/mol. The number of hydrogen-bond donors (Lipinski definition) is 0. The molecule has 138 valence electrons. The molecular weight excluding hydrogens is 349 g/mol. The molecule has 2 aromatic carbocycles. The summed E-state index contributed by atoms with van der Waals surface area (Å²) in [7, 11) is 0. The lowest BCUT2D eigenvalue weighted by atomic mass is 10.0. The Morgan fingerprint density at radius 3 is 2.52 bits per heavy atom. The predicted molar refractivity (Wildman–Crippen MR) is 98.8 cm³/mol. The number of cyclic esters (lactones) is 1. The molecule has 27 heavy (non-hydrogen) atoms. The molecule has 1 aliphatic heterocycles. The Hall–Kier alpha value is -3.28. The quantitative estimate of drug-likeness (QED) is 0.464. The van der Waals surface area contributed by atoms with Crippen LogP contribution < -0.4 is 4.74 Å². The van der Waals surface area contributed by atoms with E-state index in [1.54, 1.807) is 37.3 Å². The molecule has 0 radical (unpaired) electrons. The number of rotatable bonds is 4. The topological polar surface area (TPSA) is 65.0 Å². The van der Waals surface area contributed by atoms with Gasteiger partial charge in [0.25, 0.3) is 0 Å². The molecule has 0 aromatic heterocycles. The minimum atomic E-state index is -0.648. The van der Waals surface area contributed by atoms with E-state index in [-0.39, 0.29) is 29.5 Å². The van der Waals surface area contributed by atoms with Gasteiger partial charge in [-0.05, 0) is 60.9 Å². The first-order valence-corrected chi connectivity index (χ1v) is 8.48. The highest BCUT2D eigenvalue weighted by Gasteiger charge is 2.26. The van der Waals surface area contributed by atoms with E-state index < -0.39 is 11.8 Å². The van der Waals surface area contributed by atoms with Crippen LogP contribution >= 0.6 is 0 Å². The summed E-state index contributed by atoms with van der Waals surface area (Å²) >= 11 is 0. The third-order valence-electron chi connectivity index (χ3n) is 4.02. The summed E-state index contributed by atoms with van der Waals surface area (Å²) in [5.41, 5.74) is 2.42. The molecule has 1 aliphatic rings. The van der Waals surface area contributed by atoms with Gasteiger partial charge in [0, 0.05) is 6.42 Å². The molecule has 1 heterocycles. The van der Waals surface area contributed by atoms with Crippen LogP contribution in [0.5, 0.6) is 5.75 Å². The summed E-state index contributed by atoms with van der Waals surface area (Å²) in [5, 5.41) is 0. The van der Waals surface area contributed by atoms with E-state index in [1.807, 2.05) is 13.8 Å². The van der Waals surface area contributed by atoms with Crippen LogP contribution in [0.4, 0.5) is 4.39 Å². The highest BCUT2D eigenvalue weighted by atomic mass is 19.1. The van der Waals surface area contributed by atoms with Crippen molar-refractivity contribution in [2.24, 2.45) is 4.99 Å². The number of carbonyl (C=O) groups is 2. The molecule has 0 amide bonds. The normalized spacial score (nSPS) is 14.9. The fraction of sp³-hybridized carbons (Fsp3) is 0.190. The Balaban J connectivity index is 1.93. The Labute approximate surface area is 156 Å². The van der Waals surface area contributed by atoms with Crippen molar-refractivity contribution in [1.82, 2.24) is 0 Å². The standard InChI is InChI=1S/C21H18FNO4/c1-4-18(24)26-19-12(2)9-14(10-13(19)3)11-17-21(25)27-20(23-17)15-7-5-6-8-16(15)22/h5-11H,4H2,1-3H3/b17-11-. The van der Waals surface area contributed by atoms with Crippen LogP contribution in [0.2, 0.25) is 0 Å². The molecule has 2 aromatic rings. The zero-order chi connectivity index (χ0) is 19.6. The molecule has 0 saturated carbocycles. The average Bonchev–Trinajstić information content (AvgIpc) is 2.98. The lowest BCUT2D eigenvalue weighted by Gasteiger charge is -2.11. The molecule has 3 rings (SSSR count). The largest absolute Gasteiger partial charge is 0.426 e. The van der Waals surface area contributed by atoms with Crippen molar-refractivity contribution in [3.8, 4) is 5.75 Å². The number of aryl methyl sites for hydroxylation is 2. The maximum Gasteiger partial charge on any atom is 0.363 e. The molecule has 0 bridgehead atoms. The van der Waals surface area contributed by atoms with E-state index in [2.05, 4.69) is 4.99 Å². The van der Waals surface area contributed by atoms with Crippen LogP contribution in [0, 0.1) is 19.7 Å². The minimum Gasteiger partial charge on any atom is -0.426 e. The summed E-state index contributed by atoms with van der Waals surface area (Å²) in [6.45, 7) is 5.35. The van der Waals surface area contributed by atoms with Crippen LogP contribution in [0.3, 0.4) is 0 Å². The molecule has 6 heteroatoms. The molecular formula is C21H18FNO4. The van der Waals surface area contributed by atoms with Crippen LogP contribution in [-0.2, 0) is 14.3 Å². The van der Waals surface area contributed by atoms with Crippen molar-refractivity contribution in [2.75, 3.05) is 0 Å². The molecule has 0 saturated heterocycles. The highest BCUT2D eigenvalue weighted by Crippen LogP contribution is 2.27. The number of hydrogen-bond acceptors (Lipinski definition) is 5. The first-order chi connectivity index (χ1) is 12.9. The highest BCUT2D eigenvalue weighted by molar-refractivity contribution is 6.12. The Morgan fingerprint density at radius 2 is 1.89 bits per heavy atom. The van der Waals surface area contributed by atoms with Crippen LogP contribution in [0.1, 0.15) is 35.6 Å². The lowest BCUT2D eigenvalue weighted by molar-refractivity contribution is -0.134. The van der Waals surface area contributed by atoms with Crippen molar-refractivity contribution >= 4 is 23.9 Å². The molecule has 0 N–H and O–H groups in total. The van der Waals surface area contributed by atoms with Crippen molar-refractivity contribution in [3.63, 3.8) is 0 Å². The first kappa shape index (κ1) is 18.5. The number of halogens is 1. The number of carbonyl (C=O) groups excluding carboxylic acids is 2. The molecule has 5 nitrogen and oxygen atoms in total. The van der Waals surface area contributed by atoms with E-state index in [0.29, 0.717) is 11.3 Å². The second kappa shape index (κ2) is 7.53. The third-order valence-corrected chi connectivity index (χ3v) is 4.02. The van der Waals surface area contributed by atoms with Gasteiger partial charge < -0.3 is 9.47 Å². The zero-order valence-electron chi connectivity index (χ0n) is 15.2. The van der Waals surface area contributed by atoms with Gasteiger partial charge in [-0.15, -0.1) is 0 Å². The van der Waals surface area contributed by atoms with Gasteiger partial charge in [0.15, 0.2) is 5.70 Å². The maximum absolute atomic E-state index is 13.9. The molecule has 0 aliphatic carbocycles. The van der Waals surface area contributed by atoms with Gasteiger partial charge >= 0.3 is 11.9 Å². The summed E-state index contributed by atoms with van der Waals surface area (Å²) in [5.74, 6) is -1.03. The van der Waals surface area contributed by atoms with Gasteiger partial charge in [-0.2, -0.15) is 0 Å². The van der Waals surface area contributed by atoms with Crippen LogP contribution in [-0.4, -0.2) is 17.8 Å². The summed E-state index contributed by atoms with van der Waals surface area (Å²) < 4.78 is 24.3. The Kier molecular flexibility index (Phi) is 5.16. The number of esters is 2. The summed E-state index contributed by atoms with van der Waals surface area (Å²) in [6.07, 6.45) is 1.84. The van der Waals surface area contributed by atoms with Gasteiger partial charge in [0.1, 0.15) is 11.6 Å². The number of nitrogens with zero attached hydrogens (tertiary/aromatic N) is 1. The van der Waals surface area contributed by atoms with E-state index in [9.17, 15) is 14.0 Å². The average molecular weight is 367 g/mol. The van der Waals surface area contributed by atoms with Crippen molar-refractivity contribution in [1.29, 1.82) is 0 Å². The third kappa shape index (κ3) is 3.95. The lowest BCUT2D eigenvalue weighted by Crippen LogP contribution is -2.08. The van der Waals surface area contributed by atoms with Gasteiger partial charge in [0.05, 0.1) is 5.56 Å². The Bertz CT molecular complexity index is 968. The van der Waals surface area contributed by atoms with Crippen molar-refractivity contribution < 1.29 is 23.5 Å².